The minimum absolute atomic E-state index is 0.0147. The molecule has 16 heteroatoms. The number of carbonyl (C=O) groups is 6. The molecular weight excluding hydrogens is 893 g/mol. The molecule has 3 fully saturated rings. The fraction of sp³-hybridized carbons (Fsp3) is 0.434. The Labute approximate surface area is 400 Å². The number of halogens is 4. The molecular formula is C53H60F4N6O6. The first-order chi connectivity index (χ1) is 33.3. The Morgan fingerprint density at radius 3 is 1.04 bits per heavy atom. The van der Waals surface area contributed by atoms with Gasteiger partial charge in [-0.3, -0.25) is 28.8 Å². The molecule has 2 saturated heterocycles. The first kappa shape index (κ1) is 50.3. The van der Waals surface area contributed by atoms with Gasteiger partial charge in [0.1, 0.15) is 23.3 Å². The van der Waals surface area contributed by atoms with Gasteiger partial charge in [0.15, 0.2) is 0 Å². The Morgan fingerprint density at radius 2 is 0.696 bits per heavy atom. The van der Waals surface area contributed by atoms with E-state index in [1.807, 2.05) is 0 Å². The average Bonchev–Trinajstić information content (AvgIpc) is 3.99. The van der Waals surface area contributed by atoms with Crippen molar-refractivity contribution in [3.05, 3.63) is 143 Å². The van der Waals surface area contributed by atoms with Crippen LogP contribution in [0.25, 0.3) is 0 Å². The summed E-state index contributed by atoms with van der Waals surface area (Å²) in [5, 5.41) is 11.7. The zero-order valence-corrected chi connectivity index (χ0v) is 38.6. The molecule has 12 nitrogen and oxygen atoms in total. The number of nitrogens with one attached hydrogen (secondary N) is 4. The van der Waals surface area contributed by atoms with Gasteiger partial charge in [0.2, 0.25) is 35.4 Å². The van der Waals surface area contributed by atoms with Crippen molar-refractivity contribution < 1.29 is 46.3 Å². The SMILES string of the molecule is O=C(CC1CN(C(=O)[C@H]2CC[C@H](C(=O)N3CC(C(=O)NCCc4ccc(F)cc4)[C@H](C(=O)NCCc4ccc(F)cc4)C3)CC2)CC1C(=O)NCCc1ccc(F)cc1)NCCc1ccc(F)cc1. The molecule has 4 N–H and O–H groups in total. The predicted molar refractivity (Wildman–Crippen MR) is 250 cm³/mol. The Bertz CT molecular complexity index is 2330. The summed E-state index contributed by atoms with van der Waals surface area (Å²) in [6.07, 6.45) is 3.52. The predicted octanol–water partition coefficient (Wildman–Crippen LogP) is 5.32. The van der Waals surface area contributed by atoms with Crippen molar-refractivity contribution in [1.29, 1.82) is 0 Å². The smallest absolute Gasteiger partial charge is 0.225 e. The van der Waals surface area contributed by atoms with Gasteiger partial charge in [-0.15, -0.1) is 0 Å². The topological polar surface area (TPSA) is 157 Å². The van der Waals surface area contributed by atoms with Gasteiger partial charge in [-0.25, -0.2) is 17.6 Å². The van der Waals surface area contributed by atoms with E-state index >= 15 is 0 Å². The average molecular weight is 953 g/mol. The number of amides is 6. The van der Waals surface area contributed by atoms with Crippen LogP contribution in [-0.4, -0.2) is 97.6 Å². The van der Waals surface area contributed by atoms with E-state index in [2.05, 4.69) is 21.3 Å². The molecule has 1 saturated carbocycles. The molecule has 3 aliphatic rings. The first-order valence-corrected chi connectivity index (χ1v) is 23.9. The third kappa shape index (κ3) is 14.2. The molecule has 366 valence electrons. The van der Waals surface area contributed by atoms with Crippen LogP contribution in [0.3, 0.4) is 0 Å². The van der Waals surface area contributed by atoms with E-state index in [1.54, 1.807) is 58.3 Å². The molecule has 0 aromatic heterocycles. The highest BCUT2D eigenvalue weighted by Gasteiger charge is 2.46. The molecule has 6 amide bonds. The van der Waals surface area contributed by atoms with Crippen molar-refractivity contribution in [3.8, 4) is 0 Å². The largest absolute Gasteiger partial charge is 0.356 e. The second kappa shape index (κ2) is 24.1. The summed E-state index contributed by atoms with van der Waals surface area (Å²) in [5.74, 6) is -6.64. The van der Waals surface area contributed by atoms with E-state index in [0.717, 1.165) is 22.3 Å². The van der Waals surface area contributed by atoms with Gasteiger partial charge in [0, 0.05) is 70.6 Å². The maximum absolute atomic E-state index is 14.2. The van der Waals surface area contributed by atoms with Crippen molar-refractivity contribution in [2.24, 2.45) is 35.5 Å². The van der Waals surface area contributed by atoms with Crippen LogP contribution in [0, 0.1) is 58.8 Å². The van der Waals surface area contributed by atoms with Crippen LogP contribution in [0.5, 0.6) is 0 Å². The monoisotopic (exact) mass is 952 g/mol. The van der Waals surface area contributed by atoms with E-state index in [4.69, 9.17) is 0 Å². The lowest BCUT2D eigenvalue weighted by molar-refractivity contribution is -0.141. The van der Waals surface area contributed by atoms with E-state index in [9.17, 15) is 46.3 Å². The Morgan fingerprint density at radius 1 is 0.406 bits per heavy atom. The second-order valence-electron chi connectivity index (χ2n) is 18.5. The highest BCUT2D eigenvalue weighted by molar-refractivity contribution is 5.91. The van der Waals surface area contributed by atoms with Crippen LogP contribution in [0.15, 0.2) is 97.1 Å². The summed E-state index contributed by atoms with van der Waals surface area (Å²) in [6, 6.07) is 24.0. The van der Waals surface area contributed by atoms with Gasteiger partial charge < -0.3 is 31.1 Å². The van der Waals surface area contributed by atoms with Gasteiger partial charge in [0.25, 0.3) is 0 Å². The van der Waals surface area contributed by atoms with E-state index < -0.39 is 35.5 Å². The van der Waals surface area contributed by atoms with Crippen molar-refractivity contribution >= 4 is 35.4 Å². The third-order valence-corrected chi connectivity index (χ3v) is 13.8. The lowest BCUT2D eigenvalue weighted by Gasteiger charge is -2.32. The van der Waals surface area contributed by atoms with Crippen molar-refractivity contribution in [2.75, 3.05) is 52.4 Å². The van der Waals surface area contributed by atoms with Gasteiger partial charge in [-0.05, 0) is 128 Å². The van der Waals surface area contributed by atoms with Crippen LogP contribution in [0.2, 0.25) is 0 Å². The first-order valence-electron chi connectivity index (χ1n) is 23.9. The molecule has 3 unspecified atom stereocenters. The Balaban J connectivity index is 0.936. The zero-order valence-electron chi connectivity index (χ0n) is 38.6. The summed E-state index contributed by atoms with van der Waals surface area (Å²) < 4.78 is 53.7. The number of rotatable bonds is 19. The second-order valence-corrected chi connectivity index (χ2v) is 18.5. The Hall–Kier alpha value is -6.58. The van der Waals surface area contributed by atoms with Crippen LogP contribution >= 0.6 is 0 Å². The Kier molecular flexibility index (Phi) is 17.6. The van der Waals surface area contributed by atoms with Crippen LogP contribution in [0.1, 0.15) is 54.4 Å². The molecule has 4 aromatic rings. The zero-order chi connectivity index (χ0) is 48.9. The molecule has 7 rings (SSSR count). The van der Waals surface area contributed by atoms with Gasteiger partial charge in [-0.1, -0.05) is 48.5 Å². The molecule has 0 bridgehead atoms. The van der Waals surface area contributed by atoms with Crippen LogP contribution in [-0.2, 0) is 54.5 Å². The van der Waals surface area contributed by atoms with E-state index in [-0.39, 0.29) is 111 Å². The van der Waals surface area contributed by atoms with Gasteiger partial charge in [-0.2, -0.15) is 0 Å². The van der Waals surface area contributed by atoms with Crippen molar-refractivity contribution in [3.63, 3.8) is 0 Å². The summed E-state index contributed by atoms with van der Waals surface area (Å²) in [5.41, 5.74) is 3.35. The molecule has 69 heavy (non-hydrogen) atoms. The number of benzene rings is 4. The fourth-order valence-electron chi connectivity index (χ4n) is 9.82. The molecule has 4 aromatic carbocycles. The fourth-order valence-corrected chi connectivity index (χ4v) is 9.82. The van der Waals surface area contributed by atoms with Crippen molar-refractivity contribution in [1.82, 2.24) is 31.1 Å². The van der Waals surface area contributed by atoms with Gasteiger partial charge >= 0.3 is 0 Å². The summed E-state index contributed by atoms with van der Waals surface area (Å²) in [4.78, 5) is 85.8. The highest BCUT2D eigenvalue weighted by atomic mass is 19.1. The summed E-state index contributed by atoms with van der Waals surface area (Å²) in [6.45, 7) is 1.50. The molecule has 1 aliphatic carbocycles. The number of carbonyl (C=O) groups excluding carboxylic acids is 6. The lowest BCUT2D eigenvalue weighted by atomic mass is 9.80. The lowest BCUT2D eigenvalue weighted by Crippen LogP contribution is -2.42. The molecule has 0 radical (unpaired) electrons. The number of nitrogens with zero attached hydrogens (tertiary/aromatic N) is 2. The van der Waals surface area contributed by atoms with Crippen LogP contribution in [0.4, 0.5) is 17.6 Å². The minimum Gasteiger partial charge on any atom is -0.356 e. The van der Waals surface area contributed by atoms with E-state index in [1.165, 1.54) is 48.5 Å². The molecule has 4 atom stereocenters. The molecule has 2 aliphatic heterocycles. The van der Waals surface area contributed by atoms with Crippen LogP contribution < -0.4 is 21.3 Å². The summed E-state index contributed by atoms with van der Waals surface area (Å²) >= 11 is 0. The normalized spacial score (nSPS) is 21.1. The quantitative estimate of drug-likeness (QED) is 0.0933. The maximum atomic E-state index is 14.2. The molecule has 2 heterocycles. The number of hydrogen-bond donors (Lipinski definition) is 4. The van der Waals surface area contributed by atoms with Crippen molar-refractivity contribution in [2.45, 2.75) is 57.8 Å². The number of likely N-dealkylation sites (tertiary alicyclic amines) is 2. The third-order valence-electron chi connectivity index (χ3n) is 13.8. The minimum atomic E-state index is -0.820. The summed E-state index contributed by atoms with van der Waals surface area (Å²) in [7, 11) is 0. The molecule has 0 spiro atoms. The highest BCUT2D eigenvalue weighted by Crippen LogP contribution is 2.36. The maximum Gasteiger partial charge on any atom is 0.225 e. The standard InChI is InChI=1S/C53H60F4N6O6/c54-41-13-1-34(2-14-41)21-25-58-48(64)29-40-30-62(31-45(40)49(65)59-26-22-35-3-15-42(55)16-4-35)52(68)38-9-11-39(12-10-38)53(69)63-32-46(50(66)60-27-23-36-5-17-43(56)18-6-36)47(33-63)51(67)61-28-24-37-7-19-44(57)20-8-37/h1-8,13-20,38-40,45-47H,9-12,21-33H2,(H,58,64)(H,59,65)(H,60,66)(H,61,67)/t38-,39-,40?,45?,46-,47?/m1/s1. The van der Waals surface area contributed by atoms with E-state index in [0.29, 0.717) is 57.9 Å². The van der Waals surface area contributed by atoms with Gasteiger partial charge in [0.05, 0.1) is 17.8 Å². The number of hydrogen-bond acceptors (Lipinski definition) is 6.